The van der Waals surface area contributed by atoms with Gasteiger partial charge in [-0.2, -0.15) is 0 Å². The van der Waals surface area contributed by atoms with E-state index in [1.807, 2.05) is 22.6 Å². The van der Waals surface area contributed by atoms with Gasteiger partial charge in [0, 0.05) is 22.6 Å². The van der Waals surface area contributed by atoms with Crippen molar-refractivity contribution in [2.45, 2.75) is 0 Å². The number of hydrogen-bond donors (Lipinski definition) is 0. The Kier molecular flexibility index (Phi) is 2.67. The van der Waals surface area contributed by atoms with Gasteiger partial charge in [-0.1, -0.05) is 11.6 Å². The lowest BCUT2D eigenvalue weighted by molar-refractivity contribution is 0.410. The second kappa shape index (κ2) is 3.34. The van der Waals surface area contributed by atoms with Crippen LogP contribution in [0.2, 0.25) is 5.15 Å². The Hall–Kier alpha value is -0.100. The van der Waals surface area contributed by atoms with Gasteiger partial charge in [-0.15, -0.1) is 0 Å². The van der Waals surface area contributed by atoms with Gasteiger partial charge in [0.1, 0.15) is 0 Å². The molecule has 0 unspecified atom stereocenters. The molecule has 0 aliphatic rings. The Balaban J connectivity index is 3.07. The molecule has 0 amide bonds. The highest BCUT2D eigenvalue weighted by Crippen LogP contribution is 2.19. The molecule has 0 atom stereocenters. The predicted octanol–water partition coefficient (Wildman–Crippen LogP) is 1.74. The first-order chi connectivity index (χ1) is 4.74. The van der Waals surface area contributed by atoms with E-state index in [1.54, 1.807) is 0 Å². The Morgan fingerprint density at radius 3 is 2.90 bits per heavy atom. The highest BCUT2D eigenvalue weighted by Gasteiger charge is 2.01. The first kappa shape index (κ1) is 8.00. The molecule has 1 rings (SSSR count). The fraction of sp³-hybridized carbons (Fsp3) is 0.200. The van der Waals surface area contributed by atoms with E-state index in [0.717, 1.165) is 0 Å². The molecule has 0 aliphatic heterocycles. The number of aromatic nitrogens is 2. The van der Waals surface area contributed by atoms with Crippen molar-refractivity contribution in [2.24, 2.45) is 0 Å². The van der Waals surface area contributed by atoms with Gasteiger partial charge in [-0.25, -0.2) is 9.97 Å². The Labute approximate surface area is 76.9 Å². The molecule has 54 valence electrons. The molecule has 0 spiro atoms. The van der Waals surface area contributed by atoms with E-state index in [9.17, 15) is 0 Å². The second-order valence-electron chi connectivity index (χ2n) is 1.50. The van der Waals surface area contributed by atoms with Gasteiger partial charge in [-0.05, 0) is 0 Å². The van der Waals surface area contributed by atoms with E-state index in [0.29, 0.717) is 14.7 Å². The van der Waals surface area contributed by atoms with Gasteiger partial charge in [0.05, 0.1) is 13.3 Å². The molecular formula is C5H4ClIN2O. The van der Waals surface area contributed by atoms with Crippen LogP contribution in [0, 0.1) is 3.83 Å². The molecule has 0 fully saturated rings. The van der Waals surface area contributed by atoms with Gasteiger partial charge in [0.2, 0.25) is 0 Å². The minimum atomic E-state index is 0.349. The lowest BCUT2D eigenvalue weighted by Crippen LogP contribution is -1.91. The lowest BCUT2D eigenvalue weighted by atomic mass is 10.6. The number of rotatable bonds is 1. The highest BCUT2D eigenvalue weighted by atomic mass is 127. The van der Waals surface area contributed by atoms with Crippen LogP contribution in [0.5, 0.6) is 5.75 Å². The number of halogens is 2. The summed E-state index contributed by atoms with van der Waals surface area (Å²) in [4.78, 5) is 7.74. The zero-order valence-electron chi connectivity index (χ0n) is 5.14. The normalized spacial score (nSPS) is 9.50. The smallest absolute Gasteiger partial charge is 0.192 e. The molecular weight excluding hydrogens is 266 g/mol. The number of methoxy groups -OCH3 is 1. The SMILES string of the molecule is COc1cnc(I)nc1Cl. The van der Waals surface area contributed by atoms with Gasteiger partial charge in [0.25, 0.3) is 0 Å². The molecule has 0 saturated heterocycles. The van der Waals surface area contributed by atoms with Crippen LogP contribution in [-0.4, -0.2) is 17.1 Å². The van der Waals surface area contributed by atoms with Crippen LogP contribution in [0.3, 0.4) is 0 Å². The molecule has 1 aromatic heterocycles. The lowest BCUT2D eigenvalue weighted by Gasteiger charge is -1.99. The van der Waals surface area contributed by atoms with Crippen LogP contribution >= 0.6 is 34.2 Å². The van der Waals surface area contributed by atoms with Crippen LogP contribution in [0.15, 0.2) is 6.20 Å². The summed E-state index contributed by atoms with van der Waals surface area (Å²) in [5, 5.41) is 0.349. The van der Waals surface area contributed by atoms with Crippen molar-refractivity contribution in [1.82, 2.24) is 9.97 Å². The maximum atomic E-state index is 5.65. The Bertz CT molecular complexity index is 243. The topological polar surface area (TPSA) is 35.0 Å². The largest absolute Gasteiger partial charge is 0.492 e. The molecule has 0 aromatic carbocycles. The standard InChI is InChI=1S/C5H4ClIN2O/c1-10-3-2-8-5(7)9-4(3)6/h2H,1H3. The summed E-state index contributed by atoms with van der Waals surface area (Å²) >= 11 is 7.62. The van der Waals surface area contributed by atoms with Gasteiger partial charge in [-0.3, -0.25) is 0 Å². The van der Waals surface area contributed by atoms with Crippen molar-refractivity contribution < 1.29 is 4.74 Å². The van der Waals surface area contributed by atoms with Gasteiger partial charge in [0.15, 0.2) is 14.7 Å². The summed E-state index contributed by atoms with van der Waals surface area (Å²) in [6.45, 7) is 0. The number of nitrogens with zero attached hydrogens (tertiary/aromatic N) is 2. The molecule has 0 N–H and O–H groups in total. The van der Waals surface area contributed by atoms with Crippen molar-refractivity contribution in [3.05, 3.63) is 15.2 Å². The molecule has 0 saturated carbocycles. The van der Waals surface area contributed by atoms with E-state index >= 15 is 0 Å². The van der Waals surface area contributed by atoms with Crippen LogP contribution in [-0.2, 0) is 0 Å². The molecule has 10 heavy (non-hydrogen) atoms. The van der Waals surface area contributed by atoms with Gasteiger partial charge < -0.3 is 4.74 Å². The van der Waals surface area contributed by atoms with Crippen LogP contribution < -0.4 is 4.74 Å². The van der Waals surface area contributed by atoms with Crippen molar-refractivity contribution in [2.75, 3.05) is 7.11 Å². The summed E-state index contributed by atoms with van der Waals surface area (Å²) in [6, 6.07) is 0. The number of hydrogen-bond acceptors (Lipinski definition) is 3. The average Bonchev–Trinajstić information content (AvgIpc) is 1.88. The molecule has 3 nitrogen and oxygen atoms in total. The summed E-state index contributed by atoms with van der Waals surface area (Å²) in [6.07, 6.45) is 1.54. The van der Waals surface area contributed by atoms with E-state index < -0.39 is 0 Å². The third-order valence-electron chi connectivity index (χ3n) is 0.902. The summed E-state index contributed by atoms with van der Waals surface area (Å²) < 4.78 is 5.45. The zero-order chi connectivity index (χ0) is 7.56. The molecule has 1 heterocycles. The molecule has 0 radical (unpaired) electrons. The summed E-state index contributed by atoms with van der Waals surface area (Å²) in [5.41, 5.74) is 0. The quantitative estimate of drug-likeness (QED) is 0.443. The van der Waals surface area contributed by atoms with Gasteiger partial charge >= 0.3 is 0 Å². The van der Waals surface area contributed by atoms with Crippen molar-refractivity contribution in [1.29, 1.82) is 0 Å². The maximum Gasteiger partial charge on any atom is 0.192 e. The molecule has 1 aromatic rings. The fourth-order valence-electron chi connectivity index (χ4n) is 0.467. The van der Waals surface area contributed by atoms with Crippen LogP contribution in [0.1, 0.15) is 0 Å². The molecule has 0 bridgehead atoms. The maximum absolute atomic E-state index is 5.65. The zero-order valence-corrected chi connectivity index (χ0v) is 8.05. The van der Waals surface area contributed by atoms with Crippen LogP contribution in [0.4, 0.5) is 0 Å². The van der Waals surface area contributed by atoms with Crippen LogP contribution in [0.25, 0.3) is 0 Å². The Morgan fingerprint density at radius 2 is 2.40 bits per heavy atom. The molecule has 0 aliphatic carbocycles. The average molecular weight is 270 g/mol. The first-order valence-electron chi connectivity index (χ1n) is 2.46. The van der Waals surface area contributed by atoms with E-state index in [1.165, 1.54) is 13.3 Å². The second-order valence-corrected chi connectivity index (χ2v) is 2.82. The first-order valence-corrected chi connectivity index (χ1v) is 3.91. The summed E-state index contributed by atoms with van der Waals surface area (Å²) in [5.74, 6) is 0.502. The van der Waals surface area contributed by atoms with E-state index in [-0.39, 0.29) is 0 Å². The third-order valence-corrected chi connectivity index (χ3v) is 1.69. The summed E-state index contributed by atoms with van der Waals surface area (Å²) in [7, 11) is 1.53. The van der Waals surface area contributed by atoms with E-state index in [4.69, 9.17) is 16.3 Å². The van der Waals surface area contributed by atoms with Crippen molar-refractivity contribution >= 4 is 34.2 Å². The van der Waals surface area contributed by atoms with Crippen molar-refractivity contribution in [3.8, 4) is 5.75 Å². The highest BCUT2D eigenvalue weighted by molar-refractivity contribution is 14.1. The fourth-order valence-corrected chi connectivity index (χ4v) is 1.20. The minimum Gasteiger partial charge on any atom is -0.492 e. The predicted molar refractivity (Wildman–Crippen MR) is 46.3 cm³/mol. The van der Waals surface area contributed by atoms with Crippen molar-refractivity contribution in [3.63, 3.8) is 0 Å². The third kappa shape index (κ3) is 1.69. The minimum absolute atomic E-state index is 0.349. The number of ether oxygens (including phenoxy) is 1. The monoisotopic (exact) mass is 270 g/mol. The van der Waals surface area contributed by atoms with E-state index in [2.05, 4.69) is 9.97 Å². The molecule has 5 heteroatoms. The Morgan fingerprint density at radius 1 is 1.70 bits per heavy atom.